The topological polar surface area (TPSA) is 0 Å². The Balaban J connectivity index is 0. The van der Waals surface area contributed by atoms with Crippen molar-refractivity contribution < 1.29 is 36.2 Å². The smallest absolute Gasteiger partial charge is 0 e. The average Bonchev–Trinajstić information content (AvgIpc) is 0.722. The normalized spacial score (nSPS) is 10.0. The first-order valence-corrected chi connectivity index (χ1v) is 5.16. The maximum Gasteiger partial charge on any atom is 0 e. The molecule has 32 valence electrons. The van der Waals surface area contributed by atoms with E-state index in [-0.39, 0.29) is 29.6 Å². The van der Waals surface area contributed by atoms with Gasteiger partial charge in [-0.25, -0.2) is 0 Å². The van der Waals surface area contributed by atoms with Crippen molar-refractivity contribution >= 4 is 29.6 Å². The molecule has 0 atom stereocenters. The van der Waals surface area contributed by atoms with E-state index in [0.29, 0.717) is 0 Å². The summed E-state index contributed by atoms with van der Waals surface area (Å²) < 4.78 is 39.6. The first kappa shape index (κ1) is 10.7. The van der Waals surface area contributed by atoms with Gasteiger partial charge in [0.25, 0.3) is 0 Å². The molecule has 0 aromatic rings. The summed E-state index contributed by atoms with van der Waals surface area (Å²) in [5.74, 6) is 0. The van der Waals surface area contributed by atoms with E-state index in [4.69, 9.17) is 0 Å². The first-order valence-electron chi connectivity index (χ1n) is 0.873. The molecule has 0 heterocycles. The third kappa shape index (κ3) is 40.7. The third-order valence-electron chi connectivity index (χ3n) is 0. The van der Waals surface area contributed by atoms with Gasteiger partial charge in [-0.05, 0) is 0 Å². The fraction of sp³-hybridized carbons (Fsp3) is 0. The van der Waals surface area contributed by atoms with Gasteiger partial charge in [0, 0.05) is 29.6 Å². The molecule has 0 aliphatic heterocycles. The monoisotopic (exact) mass is 188 g/mol. The molecule has 0 aromatic carbocycles. The van der Waals surface area contributed by atoms with Crippen molar-refractivity contribution in [1.29, 1.82) is 0 Å². The SMILES string of the molecule is [F][Y]([F])([F])[F].[Na]. The van der Waals surface area contributed by atoms with Gasteiger partial charge in [0.1, 0.15) is 0 Å². The summed E-state index contributed by atoms with van der Waals surface area (Å²) in [6, 6.07) is 0. The standard InChI is InChI=1S/4FH.Na.Y/h4*1H;;/q;;;;;+4/p-4. The van der Waals surface area contributed by atoms with Gasteiger partial charge in [-0.1, -0.05) is 0 Å². The molecule has 0 fully saturated rings. The van der Waals surface area contributed by atoms with E-state index in [2.05, 4.69) is 0 Å². The van der Waals surface area contributed by atoms with Crippen LogP contribution in [0.15, 0.2) is 0 Å². The molecule has 0 aliphatic rings. The van der Waals surface area contributed by atoms with Gasteiger partial charge in [0.15, 0.2) is 0 Å². The Morgan fingerprint density at radius 3 is 0.833 bits per heavy atom. The molecule has 0 amide bonds. The van der Waals surface area contributed by atoms with Crippen LogP contribution in [0.2, 0.25) is 0 Å². The predicted molar refractivity (Wildman–Crippen MR) is 10.2 cm³/mol. The summed E-state index contributed by atoms with van der Waals surface area (Å²) in [6.45, 7) is 0. The summed E-state index contributed by atoms with van der Waals surface area (Å²) in [7, 11) is 0. The summed E-state index contributed by atoms with van der Waals surface area (Å²) >= 11 is -7.26. The maximum absolute atomic E-state index is 9.91. The summed E-state index contributed by atoms with van der Waals surface area (Å²) in [4.78, 5) is 0. The first-order chi connectivity index (χ1) is 2.00. The zero-order valence-corrected chi connectivity index (χ0v) is 7.93. The second-order valence-corrected chi connectivity index (χ2v) is 2.93. The van der Waals surface area contributed by atoms with Crippen LogP contribution in [0.1, 0.15) is 0 Å². The van der Waals surface area contributed by atoms with Crippen LogP contribution in [0.4, 0.5) is 7.70 Å². The van der Waals surface area contributed by atoms with Gasteiger partial charge < -0.3 is 0 Å². The van der Waals surface area contributed by atoms with Gasteiger partial charge >= 0.3 is 36.2 Å². The van der Waals surface area contributed by atoms with Crippen LogP contribution in [0.25, 0.3) is 0 Å². The molecule has 0 saturated heterocycles. The van der Waals surface area contributed by atoms with Gasteiger partial charge in [0.2, 0.25) is 0 Å². The van der Waals surface area contributed by atoms with Gasteiger partial charge in [-0.3, -0.25) is 0 Å². The Morgan fingerprint density at radius 2 is 0.833 bits per heavy atom. The maximum atomic E-state index is 9.91. The average molecular weight is 188 g/mol. The molecule has 6 heteroatoms. The van der Waals surface area contributed by atoms with Crippen LogP contribution in [0, 0.1) is 0 Å². The van der Waals surface area contributed by atoms with Crippen LogP contribution in [0.3, 0.4) is 0 Å². The van der Waals surface area contributed by atoms with E-state index in [1.165, 1.54) is 0 Å². The summed E-state index contributed by atoms with van der Waals surface area (Å²) in [5, 5.41) is 0. The van der Waals surface area contributed by atoms with Crippen molar-refractivity contribution in [3.63, 3.8) is 0 Å². The van der Waals surface area contributed by atoms with Gasteiger partial charge in [-0.2, -0.15) is 0 Å². The quantitative estimate of drug-likeness (QED) is 0.397. The predicted octanol–water partition coefficient (Wildman–Crippen LogP) is 1.30. The molecular weight excluding hydrogens is 188 g/mol. The Morgan fingerprint density at radius 1 is 0.833 bits per heavy atom. The van der Waals surface area contributed by atoms with Crippen molar-refractivity contribution in [3.05, 3.63) is 0 Å². The fourth-order valence-corrected chi connectivity index (χ4v) is 0. The molecule has 0 nitrogen and oxygen atoms in total. The van der Waals surface area contributed by atoms with Gasteiger partial charge in [-0.15, -0.1) is 0 Å². The Labute approximate surface area is 64.8 Å². The van der Waals surface area contributed by atoms with Crippen molar-refractivity contribution in [3.8, 4) is 0 Å². The minimum atomic E-state index is -7.26. The van der Waals surface area contributed by atoms with Crippen LogP contribution in [0.5, 0.6) is 0 Å². The molecule has 0 saturated carbocycles. The Bertz CT molecular complexity index is 23.0. The van der Waals surface area contributed by atoms with Crippen LogP contribution < -0.4 is 0 Å². The van der Waals surface area contributed by atoms with E-state index < -0.39 is 28.5 Å². The number of halogens is 4. The molecule has 0 aliphatic carbocycles. The van der Waals surface area contributed by atoms with Crippen LogP contribution >= 0.6 is 0 Å². The molecule has 0 unspecified atom stereocenters. The van der Waals surface area contributed by atoms with Crippen molar-refractivity contribution in [2.45, 2.75) is 0 Å². The number of rotatable bonds is 0. The fourth-order valence-electron chi connectivity index (χ4n) is 0. The molecule has 6 heavy (non-hydrogen) atoms. The number of hydrogen-bond donors (Lipinski definition) is 0. The molecule has 0 N–H and O–H groups in total. The van der Waals surface area contributed by atoms with E-state index in [1.807, 2.05) is 0 Å². The number of hydrogen-bond acceptors (Lipinski definition) is 0. The zero-order chi connectivity index (χ0) is 4.50. The van der Waals surface area contributed by atoms with Gasteiger partial charge in [0.05, 0.1) is 0 Å². The third-order valence-corrected chi connectivity index (χ3v) is 0. The zero-order valence-electron chi connectivity index (χ0n) is 3.09. The second kappa shape index (κ2) is 3.78. The molecule has 1 radical (unpaired) electrons. The summed E-state index contributed by atoms with van der Waals surface area (Å²) in [5.41, 5.74) is 0. The van der Waals surface area contributed by atoms with E-state index in [1.54, 1.807) is 0 Å². The van der Waals surface area contributed by atoms with E-state index >= 15 is 0 Å². The minimum Gasteiger partial charge on any atom is 0 e. The Kier molecular flexibility index (Phi) is 6.77. The second-order valence-electron chi connectivity index (χ2n) is 0.495. The molecule has 0 spiro atoms. The molecular formula is F4NaY. The van der Waals surface area contributed by atoms with Crippen LogP contribution in [-0.4, -0.2) is 29.6 Å². The Hall–Kier alpha value is 1.82. The van der Waals surface area contributed by atoms with Crippen molar-refractivity contribution in [2.75, 3.05) is 0 Å². The van der Waals surface area contributed by atoms with Crippen LogP contribution in [-0.2, 0) is 28.5 Å². The van der Waals surface area contributed by atoms with E-state index in [9.17, 15) is 7.70 Å². The molecule has 0 aromatic heterocycles. The minimum absolute atomic E-state index is 0. The van der Waals surface area contributed by atoms with Crippen molar-refractivity contribution in [2.24, 2.45) is 0 Å². The molecule has 0 rings (SSSR count). The largest absolute Gasteiger partial charge is 0 e. The molecule has 0 bridgehead atoms. The van der Waals surface area contributed by atoms with E-state index in [0.717, 1.165) is 0 Å². The summed E-state index contributed by atoms with van der Waals surface area (Å²) in [6.07, 6.45) is 0. The van der Waals surface area contributed by atoms with Crippen molar-refractivity contribution in [1.82, 2.24) is 0 Å².